The van der Waals surface area contributed by atoms with Crippen LogP contribution in [0, 0.1) is 5.92 Å². The van der Waals surface area contributed by atoms with Crippen LogP contribution in [0.5, 0.6) is 0 Å². The molecule has 0 aliphatic heterocycles. The van der Waals surface area contributed by atoms with Crippen molar-refractivity contribution in [3.63, 3.8) is 0 Å². The number of hydrazine groups is 1. The lowest BCUT2D eigenvalue weighted by atomic mass is 9.80. The Hall–Kier alpha value is -0.870. The van der Waals surface area contributed by atoms with Gasteiger partial charge in [-0.05, 0) is 18.8 Å². The Bertz CT molecular complexity index is 330. The summed E-state index contributed by atoms with van der Waals surface area (Å²) in [6.45, 7) is 3.24. The molecule has 17 heavy (non-hydrogen) atoms. The molecule has 0 spiro atoms. The zero-order chi connectivity index (χ0) is 12.1. The average Bonchev–Trinajstić information content (AvgIpc) is 2.70. The zero-order valence-corrected chi connectivity index (χ0v) is 10.7. The molecule has 1 aromatic rings. The highest BCUT2D eigenvalue weighted by Gasteiger charge is 2.22. The molecule has 0 aromatic carbocycles. The Balaban J connectivity index is 1.89. The minimum atomic E-state index is 0.373. The maximum atomic E-state index is 5.65. The first-order chi connectivity index (χ1) is 8.33. The molecule has 0 saturated heterocycles. The highest BCUT2D eigenvalue weighted by atomic mass is 15.2. The lowest BCUT2D eigenvalue weighted by Gasteiger charge is -2.29. The topological polar surface area (TPSA) is 55.9 Å². The Labute approximate surface area is 104 Å². The first-order valence-corrected chi connectivity index (χ1v) is 6.79. The standard InChI is InChI=1S/C13H24N4/c1-2-7-17-8-6-15-13(17)10-12(16-14)9-11-4-3-5-11/h6,8,11-12,16H,2-5,7,9-10,14H2,1H3. The summed E-state index contributed by atoms with van der Waals surface area (Å²) in [6, 6.07) is 0.373. The van der Waals surface area contributed by atoms with Gasteiger partial charge in [0, 0.05) is 31.4 Å². The van der Waals surface area contributed by atoms with Crippen LogP contribution >= 0.6 is 0 Å². The summed E-state index contributed by atoms with van der Waals surface area (Å²) in [5.74, 6) is 7.69. The lowest BCUT2D eigenvalue weighted by molar-refractivity contribution is 0.257. The second kappa shape index (κ2) is 6.17. The van der Waals surface area contributed by atoms with E-state index < -0.39 is 0 Å². The largest absolute Gasteiger partial charge is 0.335 e. The van der Waals surface area contributed by atoms with E-state index in [9.17, 15) is 0 Å². The second-order valence-electron chi connectivity index (χ2n) is 5.14. The normalized spacial score (nSPS) is 18.0. The molecular weight excluding hydrogens is 212 g/mol. The summed E-state index contributed by atoms with van der Waals surface area (Å²) in [7, 11) is 0. The molecule has 4 heteroatoms. The monoisotopic (exact) mass is 236 g/mol. The van der Waals surface area contributed by atoms with E-state index in [1.54, 1.807) is 0 Å². The number of hydrogen-bond acceptors (Lipinski definition) is 3. The van der Waals surface area contributed by atoms with Gasteiger partial charge in [-0.15, -0.1) is 0 Å². The van der Waals surface area contributed by atoms with Crippen molar-refractivity contribution in [2.45, 2.75) is 58.0 Å². The number of imidazole rings is 1. The molecule has 1 aromatic heterocycles. The highest BCUT2D eigenvalue weighted by molar-refractivity contribution is 4.96. The molecule has 1 heterocycles. The van der Waals surface area contributed by atoms with Crippen molar-refractivity contribution in [3.8, 4) is 0 Å². The molecule has 1 unspecified atom stereocenters. The molecular formula is C13H24N4. The fraction of sp³-hybridized carbons (Fsp3) is 0.769. The summed E-state index contributed by atoms with van der Waals surface area (Å²) >= 11 is 0. The number of nitrogens with one attached hydrogen (secondary N) is 1. The van der Waals surface area contributed by atoms with Gasteiger partial charge in [0.2, 0.25) is 0 Å². The van der Waals surface area contributed by atoms with Gasteiger partial charge in [-0.3, -0.25) is 11.3 Å². The molecule has 1 aliphatic carbocycles. The maximum Gasteiger partial charge on any atom is 0.110 e. The fourth-order valence-corrected chi connectivity index (χ4v) is 2.54. The molecule has 1 atom stereocenters. The van der Waals surface area contributed by atoms with Crippen LogP contribution in [-0.2, 0) is 13.0 Å². The first-order valence-electron chi connectivity index (χ1n) is 6.79. The van der Waals surface area contributed by atoms with E-state index in [1.165, 1.54) is 25.7 Å². The van der Waals surface area contributed by atoms with Crippen LogP contribution in [0.1, 0.15) is 44.9 Å². The van der Waals surface area contributed by atoms with Gasteiger partial charge in [0.1, 0.15) is 5.82 Å². The molecule has 0 bridgehead atoms. The Morgan fingerprint density at radius 2 is 2.41 bits per heavy atom. The molecule has 2 rings (SSSR count). The van der Waals surface area contributed by atoms with Crippen molar-refractivity contribution < 1.29 is 0 Å². The van der Waals surface area contributed by atoms with Crippen LogP contribution in [0.3, 0.4) is 0 Å². The summed E-state index contributed by atoms with van der Waals surface area (Å²) in [5, 5.41) is 0. The second-order valence-corrected chi connectivity index (χ2v) is 5.14. The van der Waals surface area contributed by atoms with Gasteiger partial charge >= 0.3 is 0 Å². The van der Waals surface area contributed by atoms with Gasteiger partial charge in [0.25, 0.3) is 0 Å². The van der Waals surface area contributed by atoms with Gasteiger partial charge in [-0.1, -0.05) is 26.2 Å². The first kappa shape index (κ1) is 12.6. The van der Waals surface area contributed by atoms with E-state index in [4.69, 9.17) is 5.84 Å². The van der Waals surface area contributed by atoms with Crippen molar-refractivity contribution in [1.82, 2.24) is 15.0 Å². The van der Waals surface area contributed by atoms with Crippen LogP contribution < -0.4 is 11.3 Å². The summed E-state index contributed by atoms with van der Waals surface area (Å²) in [6.07, 6.45) is 11.4. The van der Waals surface area contributed by atoms with Crippen molar-refractivity contribution in [3.05, 3.63) is 18.2 Å². The van der Waals surface area contributed by atoms with Gasteiger partial charge < -0.3 is 4.57 Å². The molecule has 1 aliphatic rings. The smallest absolute Gasteiger partial charge is 0.110 e. The molecule has 0 radical (unpaired) electrons. The minimum Gasteiger partial charge on any atom is -0.335 e. The molecule has 4 nitrogen and oxygen atoms in total. The number of nitrogens with zero attached hydrogens (tertiary/aromatic N) is 2. The third kappa shape index (κ3) is 3.30. The van der Waals surface area contributed by atoms with Crippen LogP contribution in [0.2, 0.25) is 0 Å². The highest BCUT2D eigenvalue weighted by Crippen LogP contribution is 2.30. The Morgan fingerprint density at radius 1 is 1.59 bits per heavy atom. The van der Waals surface area contributed by atoms with Gasteiger partial charge in [0.05, 0.1) is 0 Å². The number of aryl methyl sites for hydroxylation is 1. The zero-order valence-electron chi connectivity index (χ0n) is 10.7. The molecule has 0 amide bonds. The number of nitrogens with two attached hydrogens (primary N) is 1. The predicted octanol–water partition coefficient (Wildman–Crippen LogP) is 1.86. The quantitative estimate of drug-likeness (QED) is 0.561. The molecule has 1 saturated carbocycles. The van der Waals surface area contributed by atoms with Crippen molar-refractivity contribution in [2.24, 2.45) is 11.8 Å². The SMILES string of the molecule is CCCn1ccnc1CC(CC1CCC1)NN. The van der Waals surface area contributed by atoms with E-state index in [1.807, 2.05) is 6.20 Å². The van der Waals surface area contributed by atoms with Crippen LogP contribution in [0.4, 0.5) is 0 Å². The third-order valence-corrected chi connectivity index (χ3v) is 3.77. The number of hydrogen-bond donors (Lipinski definition) is 2. The molecule has 1 fully saturated rings. The van der Waals surface area contributed by atoms with Gasteiger partial charge in [-0.2, -0.15) is 0 Å². The van der Waals surface area contributed by atoms with Crippen LogP contribution in [0.25, 0.3) is 0 Å². The van der Waals surface area contributed by atoms with Crippen molar-refractivity contribution in [1.29, 1.82) is 0 Å². The van der Waals surface area contributed by atoms with Crippen molar-refractivity contribution >= 4 is 0 Å². The Kier molecular flexibility index (Phi) is 4.57. The third-order valence-electron chi connectivity index (χ3n) is 3.77. The van der Waals surface area contributed by atoms with E-state index >= 15 is 0 Å². The van der Waals surface area contributed by atoms with Crippen LogP contribution in [-0.4, -0.2) is 15.6 Å². The molecule has 3 N–H and O–H groups in total. The summed E-state index contributed by atoms with van der Waals surface area (Å²) in [5.41, 5.74) is 2.96. The minimum absolute atomic E-state index is 0.373. The van der Waals surface area contributed by atoms with Crippen molar-refractivity contribution in [2.75, 3.05) is 0 Å². The number of aromatic nitrogens is 2. The van der Waals surface area contributed by atoms with Gasteiger partial charge in [0.15, 0.2) is 0 Å². The van der Waals surface area contributed by atoms with E-state index in [2.05, 4.69) is 28.1 Å². The summed E-state index contributed by atoms with van der Waals surface area (Å²) in [4.78, 5) is 4.44. The van der Waals surface area contributed by atoms with E-state index in [-0.39, 0.29) is 0 Å². The average molecular weight is 236 g/mol. The van der Waals surface area contributed by atoms with Gasteiger partial charge in [-0.25, -0.2) is 4.98 Å². The van der Waals surface area contributed by atoms with Crippen LogP contribution in [0.15, 0.2) is 12.4 Å². The summed E-state index contributed by atoms with van der Waals surface area (Å²) < 4.78 is 2.24. The lowest BCUT2D eigenvalue weighted by Crippen LogP contribution is -2.39. The van der Waals surface area contributed by atoms with E-state index in [0.29, 0.717) is 6.04 Å². The number of rotatable bonds is 7. The fourth-order valence-electron chi connectivity index (χ4n) is 2.54. The van der Waals surface area contributed by atoms with E-state index in [0.717, 1.165) is 31.1 Å². The Morgan fingerprint density at radius 3 is 3.00 bits per heavy atom. The molecule has 96 valence electrons. The maximum absolute atomic E-state index is 5.65. The predicted molar refractivity (Wildman–Crippen MR) is 69.3 cm³/mol.